The topological polar surface area (TPSA) is 52.6 Å². The molecule has 98 valence electrons. The zero-order chi connectivity index (χ0) is 12.5. The van der Waals surface area contributed by atoms with E-state index in [1.807, 2.05) is 0 Å². The number of carbonyl (C=O) groups is 2. The summed E-state index contributed by atoms with van der Waals surface area (Å²) >= 11 is 0. The second kappa shape index (κ2) is 8.23. The predicted octanol–water partition coefficient (Wildman–Crippen LogP) is 2.11. The van der Waals surface area contributed by atoms with Gasteiger partial charge in [0.15, 0.2) is 5.78 Å². The molecule has 0 radical (unpaired) electrons. The first-order chi connectivity index (χ1) is 8.22. The lowest BCUT2D eigenvalue weighted by Crippen LogP contribution is -2.19. The van der Waals surface area contributed by atoms with Crippen molar-refractivity contribution in [2.75, 3.05) is 19.8 Å². The molecule has 0 bridgehead atoms. The molecule has 1 rings (SSSR count). The van der Waals surface area contributed by atoms with E-state index in [0.29, 0.717) is 19.1 Å². The normalized spacial score (nSPS) is 16.8. The number of Topliss-reactive ketones (excluding diaryl/α,β-unsaturated/α-hetero) is 1. The third-order valence-corrected chi connectivity index (χ3v) is 2.99. The van der Waals surface area contributed by atoms with Crippen LogP contribution >= 0.6 is 0 Å². The zero-order valence-electron chi connectivity index (χ0n) is 10.6. The van der Waals surface area contributed by atoms with Gasteiger partial charge in [0.05, 0.1) is 6.61 Å². The van der Waals surface area contributed by atoms with Crippen LogP contribution in [0.3, 0.4) is 0 Å². The molecule has 1 aliphatic rings. The lowest BCUT2D eigenvalue weighted by atomic mass is 9.90. The fourth-order valence-corrected chi connectivity index (χ4v) is 2.12. The van der Waals surface area contributed by atoms with Gasteiger partial charge < -0.3 is 9.47 Å². The summed E-state index contributed by atoms with van der Waals surface area (Å²) in [4.78, 5) is 22.4. The van der Waals surface area contributed by atoms with Gasteiger partial charge in [-0.1, -0.05) is 19.3 Å². The summed E-state index contributed by atoms with van der Waals surface area (Å²) in [7, 11) is 0. The summed E-state index contributed by atoms with van der Waals surface area (Å²) in [5.74, 6) is -0.0582. The third kappa shape index (κ3) is 6.41. The third-order valence-electron chi connectivity index (χ3n) is 2.99. The Morgan fingerprint density at radius 1 is 1.18 bits per heavy atom. The number of esters is 1. The van der Waals surface area contributed by atoms with Crippen LogP contribution in [0.2, 0.25) is 0 Å². The summed E-state index contributed by atoms with van der Waals surface area (Å²) in [6.45, 7) is 2.72. The number of ether oxygens (including phenoxy) is 2. The molecule has 4 heteroatoms. The van der Waals surface area contributed by atoms with Crippen molar-refractivity contribution in [2.24, 2.45) is 5.92 Å². The van der Waals surface area contributed by atoms with Gasteiger partial charge in [0, 0.05) is 6.61 Å². The van der Waals surface area contributed by atoms with Crippen LogP contribution < -0.4 is 0 Å². The van der Waals surface area contributed by atoms with Gasteiger partial charge in [-0.2, -0.15) is 0 Å². The molecule has 0 heterocycles. The second-order valence-corrected chi connectivity index (χ2v) is 4.54. The quantitative estimate of drug-likeness (QED) is 0.507. The Morgan fingerprint density at radius 2 is 1.88 bits per heavy atom. The largest absolute Gasteiger partial charge is 0.466 e. The van der Waals surface area contributed by atoms with E-state index in [-0.39, 0.29) is 18.8 Å². The van der Waals surface area contributed by atoms with E-state index in [4.69, 9.17) is 9.47 Å². The second-order valence-electron chi connectivity index (χ2n) is 4.54. The fourth-order valence-electron chi connectivity index (χ4n) is 2.12. The first-order valence-corrected chi connectivity index (χ1v) is 6.47. The first-order valence-electron chi connectivity index (χ1n) is 6.47. The number of rotatable bonds is 7. The molecule has 0 aromatic carbocycles. The molecular formula is C13H22O4. The Bertz CT molecular complexity index is 244. The van der Waals surface area contributed by atoms with E-state index in [1.165, 1.54) is 32.1 Å². The van der Waals surface area contributed by atoms with Crippen molar-refractivity contribution in [3.8, 4) is 0 Å². The van der Waals surface area contributed by atoms with Crippen LogP contribution in [0.4, 0.5) is 0 Å². The van der Waals surface area contributed by atoms with Crippen LogP contribution in [-0.2, 0) is 19.1 Å². The van der Waals surface area contributed by atoms with Crippen molar-refractivity contribution < 1.29 is 19.1 Å². The molecule has 1 fully saturated rings. The number of ketones is 1. The van der Waals surface area contributed by atoms with E-state index >= 15 is 0 Å². The van der Waals surface area contributed by atoms with E-state index in [2.05, 4.69) is 0 Å². The van der Waals surface area contributed by atoms with Crippen LogP contribution in [0, 0.1) is 5.92 Å². The SMILES string of the molecule is CCOC(=O)CC(=O)COCC1CCCCC1. The van der Waals surface area contributed by atoms with Crippen molar-refractivity contribution in [3.05, 3.63) is 0 Å². The van der Waals surface area contributed by atoms with E-state index in [1.54, 1.807) is 6.92 Å². The Kier molecular flexibility index (Phi) is 6.86. The first kappa shape index (κ1) is 14.2. The molecule has 4 nitrogen and oxygen atoms in total. The molecule has 17 heavy (non-hydrogen) atoms. The van der Waals surface area contributed by atoms with E-state index < -0.39 is 5.97 Å². The zero-order valence-corrected chi connectivity index (χ0v) is 10.6. The van der Waals surface area contributed by atoms with Gasteiger partial charge >= 0.3 is 5.97 Å². The van der Waals surface area contributed by atoms with Gasteiger partial charge in [-0.3, -0.25) is 9.59 Å². The highest BCUT2D eigenvalue weighted by atomic mass is 16.5. The van der Waals surface area contributed by atoms with Crippen molar-refractivity contribution in [1.82, 2.24) is 0 Å². The monoisotopic (exact) mass is 242 g/mol. The minimum Gasteiger partial charge on any atom is -0.466 e. The minimum atomic E-state index is -0.459. The van der Waals surface area contributed by atoms with Crippen LogP contribution in [0.5, 0.6) is 0 Å². The summed E-state index contributed by atoms with van der Waals surface area (Å²) in [5.41, 5.74) is 0. The smallest absolute Gasteiger partial charge is 0.313 e. The van der Waals surface area contributed by atoms with E-state index in [0.717, 1.165) is 0 Å². The Morgan fingerprint density at radius 3 is 2.53 bits per heavy atom. The molecule has 0 spiro atoms. The molecule has 0 unspecified atom stereocenters. The van der Waals surface area contributed by atoms with Crippen LogP contribution in [0.1, 0.15) is 45.4 Å². The number of hydrogen-bond donors (Lipinski definition) is 0. The predicted molar refractivity (Wildman–Crippen MR) is 63.7 cm³/mol. The van der Waals surface area contributed by atoms with Crippen molar-refractivity contribution >= 4 is 11.8 Å². The van der Waals surface area contributed by atoms with Crippen molar-refractivity contribution in [3.63, 3.8) is 0 Å². The molecule has 0 aromatic heterocycles. The van der Waals surface area contributed by atoms with Gasteiger partial charge in [-0.25, -0.2) is 0 Å². The van der Waals surface area contributed by atoms with Gasteiger partial charge in [-0.15, -0.1) is 0 Å². The Labute approximate surface area is 103 Å². The molecule has 0 aliphatic heterocycles. The molecular weight excluding hydrogens is 220 g/mol. The summed E-state index contributed by atoms with van der Waals surface area (Å²) in [6.07, 6.45) is 6.09. The maximum atomic E-state index is 11.3. The highest BCUT2D eigenvalue weighted by molar-refractivity contribution is 5.96. The molecule has 0 N–H and O–H groups in total. The maximum Gasteiger partial charge on any atom is 0.313 e. The summed E-state index contributed by atoms with van der Waals surface area (Å²) in [5, 5.41) is 0. The van der Waals surface area contributed by atoms with Crippen LogP contribution in [0.15, 0.2) is 0 Å². The molecule has 1 saturated carbocycles. The molecule has 0 atom stereocenters. The van der Waals surface area contributed by atoms with Gasteiger partial charge in [-0.05, 0) is 25.7 Å². The molecule has 0 amide bonds. The Hall–Kier alpha value is -0.900. The molecule has 0 aromatic rings. The highest BCUT2D eigenvalue weighted by Gasteiger charge is 2.15. The summed E-state index contributed by atoms with van der Waals surface area (Å²) < 4.78 is 10.1. The summed E-state index contributed by atoms with van der Waals surface area (Å²) in [6, 6.07) is 0. The lowest BCUT2D eigenvalue weighted by molar-refractivity contribution is -0.146. The van der Waals surface area contributed by atoms with Gasteiger partial charge in [0.2, 0.25) is 0 Å². The average Bonchev–Trinajstić information content (AvgIpc) is 2.30. The van der Waals surface area contributed by atoms with Crippen molar-refractivity contribution in [2.45, 2.75) is 45.4 Å². The maximum absolute atomic E-state index is 11.3. The van der Waals surface area contributed by atoms with Crippen LogP contribution in [0.25, 0.3) is 0 Å². The standard InChI is InChI=1S/C13H22O4/c1-2-17-13(15)8-12(14)10-16-9-11-6-4-3-5-7-11/h11H,2-10H2,1H3. The molecule has 1 aliphatic carbocycles. The lowest BCUT2D eigenvalue weighted by Gasteiger charge is -2.20. The Balaban J connectivity index is 2.05. The minimum absolute atomic E-state index is 0.0370. The number of hydrogen-bond acceptors (Lipinski definition) is 4. The van der Waals surface area contributed by atoms with Gasteiger partial charge in [0.25, 0.3) is 0 Å². The molecule has 0 saturated heterocycles. The highest BCUT2D eigenvalue weighted by Crippen LogP contribution is 2.23. The number of carbonyl (C=O) groups excluding carboxylic acids is 2. The average molecular weight is 242 g/mol. The van der Waals surface area contributed by atoms with E-state index in [9.17, 15) is 9.59 Å². The van der Waals surface area contributed by atoms with Crippen molar-refractivity contribution in [1.29, 1.82) is 0 Å². The fraction of sp³-hybridized carbons (Fsp3) is 0.846. The van der Waals surface area contributed by atoms with Crippen LogP contribution in [-0.4, -0.2) is 31.6 Å². The van der Waals surface area contributed by atoms with Gasteiger partial charge in [0.1, 0.15) is 13.0 Å².